The molecule has 0 aromatic rings. The second kappa shape index (κ2) is 2.30. The van der Waals surface area contributed by atoms with Crippen molar-refractivity contribution < 1.29 is 4.21 Å². The van der Waals surface area contributed by atoms with E-state index < -0.39 is 14.5 Å². The summed E-state index contributed by atoms with van der Waals surface area (Å²) in [6.45, 7) is 5.61. The number of nitrogens with zero attached hydrogens (tertiary/aromatic N) is 1. The minimum Gasteiger partial charge on any atom is -0.292 e. The standard InChI is InChI=1S/C7H14N2OS/c1-6-7(2,3)11(8,10)5-4-9-6/h4,6,8H,5H2,1-3H3. The van der Waals surface area contributed by atoms with Crippen molar-refractivity contribution >= 4 is 15.9 Å². The lowest BCUT2D eigenvalue weighted by atomic mass is 10.1. The average molecular weight is 174 g/mol. The van der Waals surface area contributed by atoms with Gasteiger partial charge in [0.15, 0.2) is 0 Å². The van der Waals surface area contributed by atoms with E-state index in [4.69, 9.17) is 4.78 Å². The summed E-state index contributed by atoms with van der Waals surface area (Å²) in [4.78, 5) is 4.15. The molecule has 0 fully saturated rings. The van der Waals surface area contributed by atoms with Crippen molar-refractivity contribution in [3.8, 4) is 0 Å². The van der Waals surface area contributed by atoms with Crippen LogP contribution in [0.15, 0.2) is 4.99 Å². The molecule has 1 rings (SSSR count). The van der Waals surface area contributed by atoms with Gasteiger partial charge in [0, 0.05) is 6.21 Å². The lowest BCUT2D eigenvalue weighted by Gasteiger charge is -2.33. The fourth-order valence-corrected chi connectivity index (χ4v) is 2.31. The zero-order chi connectivity index (χ0) is 8.70. The molecule has 0 spiro atoms. The van der Waals surface area contributed by atoms with Gasteiger partial charge >= 0.3 is 0 Å². The minimum atomic E-state index is -2.46. The zero-order valence-electron chi connectivity index (χ0n) is 7.13. The maximum atomic E-state index is 11.6. The van der Waals surface area contributed by atoms with Gasteiger partial charge in [-0.05, 0) is 20.8 Å². The maximum absolute atomic E-state index is 11.6. The molecule has 0 saturated heterocycles. The summed E-state index contributed by atoms with van der Waals surface area (Å²) in [6, 6.07) is 0.00116. The van der Waals surface area contributed by atoms with Gasteiger partial charge in [-0.2, -0.15) is 0 Å². The lowest BCUT2D eigenvalue weighted by molar-refractivity contribution is 0.538. The van der Waals surface area contributed by atoms with Crippen molar-refractivity contribution in [2.75, 3.05) is 5.75 Å². The number of aliphatic imine (C=N–C) groups is 1. The summed E-state index contributed by atoms with van der Waals surface area (Å²) >= 11 is 0. The molecular weight excluding hydrogens is 160 g/mol. The van der Waals surface area contributed by atoms with Crippen molar-refractivity contribution in [3.05, 3.63) is 0 Å². The molecule has 0 bridgehead atoms. The molecule has 0 saturated carbocycles. The Bertz CT molecular complexity index is 277. The third-order valence-corrected chi connectivity index (χ3v) is 5.15. The number of hydrogen-bond acceptors (Lipinski definition) is 3. The van der Waals surface area contributed by atoms with Crippen LogP contribution in [0.4, 0.5) is 0 Å². The third kappa shape index (κ3) is 1.20. The topological polar surface area (TPSA) is 53.3 Å². The Morgan fingerprint density at radius 1 is 1.73 bits per heavy atom. The Hall–Kier alpha value is -0.380. The van der Waals surface area contributed by atoms with Crippen LogP contribution in [-0.4, -0.2) is 27.0 Å². The van der Waals surface area contributed by atoms with Gasteiger partial charge in [-0.15, -0.1) is 0 Å². The first kappa shape index (κ1) is 8.71. The monoisotopic (exact) mass is 174 g/mol. The molecule has 3 nitrogen and oxygen atoms in total. The quantitative estimate of drug-likeness (QED) is 0.591. The number of hydrogen-bond donors (Lipinski definition) is 1. The van der Waals surface area contributed by atoms with E-state index in [1.807, 2.05) is 20.8 Å². The summed E-state index contributed by atoms with van der Waals surface area (Å²) < 4.78 is 18.8. The Balaban J connectivity index is 3.17. The summed E-state index contributed by atoms with van der Waals surface area (Å²) in [5, 5.41) is 0. The molecule has 1 aliphatic rings. The Morgan fingerprint density at radius 3 is 2.64 bits per heavy atom. The number of rotatable bonds is 0. The molecule has 0 amide bonds. The summed E-state index contributed by atoms with van der Waals surface area (Å²) in [6.07, 6.45) is 1.62. The van der Waals surface area contributed by atoms with E-state index in [-0.39, 0.29) is 6.04 Å². The second-order valence-electron chi connectivity index (χ2n) is 3.45. The van der Waals surface area contributed by atoms with Crippen molar-refractivity contribution in [1.82, 2.24) is 0 Å². The van der Waals surface area contributed by atoms with Crippen LogP contribution in [0.5, 0.6) is 0 Å². The average Bonchev–Trinajstić information content (AvgIpc) is 1.84. The van der Waals surface area contributed by atoms with Crippen molar-refractivity contribution in [3.63, 3.8) is 0 Å². The van der Waals surface area contributed by atoms with Crippen LogP contribution in [0.3, 0.4) is 0 Å². The van der Waals surface area contributed by atoms with Gasteiger partial charge in [0.05, 0.1) is 26.3 Å². The van der Waals surface area contributed by atoms with E-state index in [2.05, 4.69) is 4.99 Å². The van der Waals surface area contributed by atoms with E-state index in [9.17, 15) is 4.21 Å². The lowest BCUT2D eigenvalue weighted by Crippen LogP contribution is -2.45. The maximum Gasteiger partial charge on any atom is 0.0706 e. The molecule has 0 aromatic heterocycles. The van der Waals surface area contributed by atoms with E-state index in [0.717, 1.165) is 0 Å². The van der Waals surface area contributed by atoms with Crippen LogP contribution in [0.1, 0.15) is 20.8 Å². The predicted octanol–water partition coefficient (Wildman–Crippen LogP) is 1.28. The van der Waals surface area contributed by atoms with Crippen molar-refractivity contribution in [1.29, 1.82) is 4.78 Å². The SMILES string of the molecule is CC1N=CCS(=N)(=O)C1(C)C. The molecule has 2 atom stereocenters. The highest BCUT2D eigenvalue weighted by Crippen LogP contribution is 2.26. The van der Waals surface area contributed by atoms with Gasteiger partial charge < -0.3 is 0 Å². The third-order valence-electron chi connectivity index (χ3n) is 2.49. The second-order valence-corrected chi connectivity index (χ2v) is 6.19. The van der Waals surface area contributed by atoms with Crippen LogP contribution < -0.4 is 0 Å². The predicted molar refractivity (Wildman–Crippen MR) is 47.8 cm³/mol. The summed E-state index contributed by atoms with van der Waals surface area (Å²) in [5.41, 5.74) is 0. The van der Waals surface area contributed by atoms with Gasteiger partial charge in [0.25, 0.3) is 0 Å². The van der Waals surface area contributed by atoms with Gasteiger partial charge in [-0.25, -0.2) is 4.21 Å². The van der Waals surface area contributed by atoms with Gasteiger partial charge in [0.2, 0.25) is 0 Å². The van der Waals surface area contributed by atoms with Gasteiger partial charge in [-0.1, -0.05) is 0 Å². The Kier molecular flexibility index (Phi) is 1.82. The van der Waals surface area contributed by atoms with Crippen LogP contribution in [0.25, 0.3) is 0 Å². The van der Waals surface area contributed by atoms with Crippen LogP contribution in [-0.2, 0) is 9.73 Å². The molecule has 0 radical (unpaired) electrons. The summed E-state index contributed by atoms with van der Waals surface area (Å²) in [7, 11) is -2.46. The normalized spacial score (nSPS) is 42.3. The largest absolute Gasteiger partial charge is 0.292 e. The van der Waals surface area contributed by atoms with Crippen molar-refractivity contribution in [2.24, 2.45) is 4.99 Å². The minimum absolute atomic E-state index is 0.00116. The fraction of sp³-hybridized carbons (Fsp3) is 0.857. The highest BCUT2D eigenvalue weighted by Gasteiger charge is 2.37. The highest BCUT2D eigenvalue weighted by molar-refractivity contribution is 7.94. The number of nitrogens with one attached hydrogen (secondary N) is 1. The van der Waals surface area contributed by atoms with Crippen LogP contribution in [0.2, 0.25) is 0 Å². The molecule has 1 heterocycles. The Labute approximate surface area is 67.9 Å². The molecule has 0 aromatic carbocycles. The van der Waals surface area contributed by atoms with Crippen LogP contribution >= 0.6 is 0 Å². The molecule has 64 valence electrons. The molecule has 1 N–H and O–H groups in total. The molecule has 11 heavy (non-hydrogen) atoms. The first-order chi connectivity index (χ1) is 4.88. The smallest absolute Gasteiger partial charge is 0.0706 e. The van der Waals surface area contributed by atoms with Crippen LogP contribution in [0, 0.1) is 4.78 Å². The van der Waals surface area contributed by atoms with E-state index >= 15 is 0 Å². The molecular formula is C7H14N2OS. The highest BCUT2D eigenvalue weighted by atomic mass is 32.2. The molecule has 2 unspecified atom stereocenters. The van der Waals surface area contributed by atoms with Gasteiger partial charge in [-0.3, -0.25) is 9.77 Å². The van der Waals surface area contributed by atoms with E-state index in [0.29, 0.717) is 5.75 Å². The first-order valence-corrected chi connectivity index (χ1v) is 5.38. The van der Waals surface area contributed by atoms with Crippen molar-refractivity contribution in [2.45, 2.75) is 31.6 Å². The Morgan fingerprint density at radius 2 is 2.27 bits per heavy atom. The molecule has 0 aliphatic carbocycles. The van der Waals surface area contributed by atoms with Gasteiger partial charge in [0.1, 0.15) is 0 Å². The summed E-state index contributed by atoms with van der Waals surface area (Å²) in [5.74, 6) is 0.310. The molecule has 4 heteroatoms. The molecule has 1 aliphatic heterocycles. The van der Waals surface area contributed by atoms with E-state index in [1.165, 1.54) is 0 Å². The zero-order valence-corrected chi connectivity index (χ0v) is 7.94. The first-order valence-electron chi connectivity index (χ1n) is 3.65. The fourth-order valence-electron chi connectivity index (χ4n) is 0.976. The van der Waals surface area contributed by atoms with E-state index in [1.54, 1.807) is 6.21 Å².